The first-order valence-electron chi connectivity index (χ1n) is 13.0. The first-order valence-corrected chi connectivity index (χ1v) is 17.0. The van der Waals surface area contributed by atoms with E-state index < -0.39 is 31.1 Å². The molecule has 0 amide bonds. The summed E-state index contributed by atoms with van der Waals surface area (Å²) >= 11 is 5.50. The monoisotopic (exact) mass is 576 g/mol. The van der Waals surface area contributed by atoms with E-state index in [2.05, 4.69) is 11.8 Å². The van der Waals surface area contributed by atoms with Crippen LogP contribution in [0.5, 0.6) is 0 Å². The molecule has 1 aliphatic heterocycles. The van der Waals surface area contributed by atoms with E-state index >= 15 is 0 Å². The van der Waals surface area contributed by atoms with Gasteiger partial charge in [-0.2, -0.15) is 8.42 Å². The van der Waals surface area contributed by atoms with E-state index in [9.17, 15) is 31.3 Å². The maximum Gasteiger partial charge on any atom is 0.265 e. The van der Waals surface area contributed by atoms with Crippen molar-refractivity contribution in [3.05, 3.63) is 0 Å². The zero-order valence-corrected chi connectivity index (χ0v) is 25.1. The fourth-order valence-corrected chi connectivity index (χ4v) is 6.75. The van der Waals surface area contributed by atoms with Gasteiger partial charge in [-0.05, 0) is 24.8 Å². The minimum Gasteiger partial charge on any atom is -0.544 e. The van der Waals surface area contributed by atoms with Gasteiger partial charge >= 0.3 is 0 Å². The molecule has 36 heavy (non-hydrogen) atoms. The number of unbranched alkanes of at least 4 members (excludes halogenated alkanes) is 9. The quantitative estimate of drug-likeness (QED) is 0.114. The number of sulfone groups is 1. The summed E-state index contributed by atoms with van der Waals surface area (Å²) in [5.74, 6) is -2.17. The lowest BCUT2D eigenvalue weighted by atomic mass is 10.0. The molecule has 0 spiro atoms. The SMILES string of the molecule is CCCCCCCCCCCCN1CC(CS(=O)(=O)O)C(CS(=O)(=O)CCl)C1.C[N+](C)(C)CC(=O)[O-]. The Morgan fingerprint density at radius 1 is 0.889 bits per heavy atom. The van der Waals surface area contributed by atoms with Crippen molar-refractivity contribution in [2.75, 3.05) is 64.0 Å². The number of aliphatic carboxylic acids is 1. The van der Waals surface area contributed by atoms with Crippen molar-refractivity contribution in [3.63, 3.8) is 0 Å². The largest absolute Gasteiger partial charge is 0.544 e. The summed E-state index contributed by atoms with van der Waals surface area (Å²) in [6.45, 7) is 4.20. The van der Waals surface area contributed by atoms with Gasteiger partial charge in [0.15, 0.2) is 9.84 Å². The molecular weight excluding hydrogens is 528 g/mol. The molecule has 2 unspecified atom stereocenters. The normalized spacial score (nSPS) is 19.2. The van der Waals surface area contributed by atoms with Gasteiger partial charge < -0.3 is 19.3 Å². The van der Waals surface area contributed by atoms with Crippen LogP contribution in [0.15, 0.2) is 0 Å². The molecular formula is C24H49ClN2O7S2. The number of nitrogens with zero attached hydrogens (tertiary/aromatic N) is 2. The van der Waals surface area contributed by atoms with Crippen LogP contribution in [0.1, 0.15) is 71.1 Å². The van der Waals surface area contributed by atoms with E-state index in [0.717, 1.165) is 19.4 Å². The summed E-state index contributed by atoms with van der Waals surface area (Å²) in [4.78, 5) is 12.0. The van der Waals surface area contributed by atoms with Gasteiger partial charge in [-0.1, -0.05) is 64.7 Å². The van der Waals surface area contributed by atoms with Gasteiger partial charge in [0.2, 0.25) is 0 Å². The van der Waals surface area contributed by atoms with Crippen molar-refractivity contribution < 1.29 is 35.8 Å². The lowest BCUT2D eigenvalue weighted by molar-refractivity contribution is -0.864. The Hall–Kier alpha value is -0.460. The molecule has 216 valence electrons. The Labute approximate surface area is 224 Å². The summed E-state index contributed by atoms with van der Waals surface area (Å²) in [6.07, 6.45) is 12.5. The minimum atomic E-state index is -4.12. The van der Waals surface area contributed by atoms with Crippen LogP contribution in [0.2, 0.25) is 0 Å². The molecule has 0 aromatic heterocycles. The molecule has 9 nitrogen and oxygen atoms in total. The zero-order valence-electron chi connectivity index (χ0n) is 22.7. The minimum absolute atomic E-state index is 0.0694. The van der Waals surface area contributed by atoms with Crippen molar-refractivity contribution >= 4 is 37.5 Å². The number of likely N-dealkylation sites (tertiary alicyclic amines) is 1. The second-order valence-electron chi connectivity index (χ2n) is 11.1. The Bertz CT molecular complexity index is 815. The molecule has 1 rings (SSSR count). The molecule has 12 heteroatoms. The third-order valence-corrected chi connectivity index (χ3v) is 9.26. The molecule has 0 aromatic rings. The molecule has 0 radical (unpaired) electrons. The summed E-state index contributed by atoms with van der Waals surface area (Å²) < 4.78 is 55.9. The molecule has 0 saturated carbocycles. The Balaban J connectivity index is 0.00000131. The Kier molecular flexibility index (Phi) is 17.7. The van der Waals surface area contributed by atoms with Gasteiger partial charge in [0.1, 0.15) is 11.8 Å². The molecule has 1 N–H and O–H groups in total. The van der Waals surface area contributed by atoms with Crippen molar-refractivity contribution in [1.82, 2.24) is 4.90 Å². The lowest BCUT2D eigenvalue weighted by Gasteiger charge is -2.23. The predicted molar refractivity (Wildman–Crippen MR) is 144 cm³/mol. The topological polar surface area (TPSA) is 132 Å². The van der Waals surface area contributed by atoms with Gasteiger partial charge in [0.05, 0.1) is 38.6 Å². The van der Waals surface area contributed by atoms with Gasteiger partial charge in [0.25, 0.3) is 10.1 Å². The highest BCUT2D eigenvalue weighted by Crippen LogP contribution is 2.27. The van der Waals surface area contributed by atoms with E-state index in [4.69, 9.17) is 11.6 Å². The molecule has 0 aliphatic carbocycles. The van der Waals surface area contributed by atoms with Gasteiger partial charge in [-0.3, -0.25) is 4.55 Å². The highest BCUT2D eigenvalue weighted by atomic mass is 35.5. The fourth-order valence-electron chi connectivity index (χ4n) is 4.45. The third kappa shape index (κ3) is 20.6. The summed E-state index contributed by atoms with van der Waals surface area (Å²) in [7, 11) is -2.12. The van der Waals surface area contributed by atoms with E-state index in [1.807, 2.05) is 0 Å². The summed E-state index contributed by atoms with van der Waals surface area (Å²) in [5.41, 5.74) is 0. The van der Waals surface area contributed by atoms with Crippen molar-refractivity contribution in [2.24, 2.45) is 11.8 Å². The van der Waals surface area contributed by atoms with Crippen LogP contribution < -0.4 is 5.11 Å². The van der Waals surface area contributed by atoms with Crippen LogP contribution in [0.3, 0.4) is 0 Å². The first-order chi connectivity index (χ1) is 16.6. The molecule has 1 saturated heterocycles. The van der Waals surface area contributed by atoms with E-state index in [-0.39, 0.29) is 29.9 Å². The average Bonchev–Trinajstić information content (AvgIpc) is 3.06. The van der Waals surface area contributed by atoms with Crippen molar-refractivity contribution in [1.29, 1.82) is 0 Å². The number of halogens is 1. The molecule has 1 heterocycles. The maximum absolute atomic E-state index is 11.9. The molecule has 0 aromatic carbocycles. The molecule has 2 atom stereocenters. The number of carboxylic acids is 1. The van der Waals surface area contributed by atoms with Crippen LogP contribution in [0, 0.1) is 11.8 Å². The smallest absolute Gasteiger partial charge is 0.265 e. The zero-order chi connectivity index (χ0) is 27.8. The third-order valence-electron chi connectivity index (χ3n) is 6.14. The average molecular weight is 577 g/mol. The van der Waals surface area contributed by atoms with Gasteiger partial charge in [-0.15, -0.1) is 11.6 Å². The van der Waals surface area contributed by atoms with Crippen molar-refractivity contribution in [2.45, 2.75) is 71.1 Å². The second-order valence-corrected chi connectivity index (χ2v) is 15.2. The van der Waals surface area contributed by atoms with Gasteiger partial charge in [0, 0.05) is 13.1 Å². The molecule has 0 bridgehead atoms. The van der Waals surface area contributed by atoms with Crippen LogP contribution in [-0.2, 0) is 24.7 Å². The summed E-state index contributed by atoms with van der Waals surface area (Å²) in [5, 5.41) is 9.43. The predicted octanol–water partition coefficient (Wildman–Crippen LogP) is 2.40. The number of hydrogen-bond acceptors (Lipinski definition) is 7. The van der Waals surface area contributed by atoms with Crippen molar-refractivity contribution in [3.8, 4) is 0 Å². The van der Waals surface area contributed by atoms with Crippen LogP contribution in [0.25, 0.3) is 0 Å². The lowest BCUT2D eigenvalue weighted by Crippen LogP contribution is -2.45. The number of carboxylic acid groups (broad SMARTS) is 1. The van der Waals surface area contributed by atoms with Crippen LogP contribution in [-0.4, -0.2) is 101 Å². The number of quaternary nitrogens is 1. The standard InChI is InChI=1S/C19H38ClNO5S2.C5H11NO2/c1-2-3-4-5-6-7-8-9-10-11-12-21-13-18(15-27(22,23)17-20)19(14-21)16-28(24,25)26;1-6(2,3)4-5(7)8/h18-19H,2-17H2,1H3,(H,24,25,26);4H2,1-3H3. The second kappa shape index (κ2) is 17.9. The number of likely N-dealkylation sites (N-methyl/N-ethyl adjacent to an activating group) is 1. The molecule has 1 fully saturated rings. The Morgan fingerprint density at radius 2 is 1.33 bits per heavy atom. The number of hydrogen-bond donors (Lipinski definition) is 1. The molecule has 1 aliphatic rings. The number of alkyl halides is 1. The number of carbonyl (C=O) groups excluding carboxylic acids is 1. The first kappa shape index (κ1) is 35.5. The fraction of sp³-hybridized carbons (Fsp3) is 0.958. The van der Waals surface area contributed by atoms with Crippen LogP contribution in [0.4, 0.5) is 0 Å². The van der Waals surface area contributed by atoms with E-state index in [0.29, 0.717) is 17.6 Å². The van der Waals surface area contributed by atoms with Crippen LogP contribution >= 0.6 is 11.6 Å². The Morgan fingerprint density at radius 3 is 1.69 bits per heavy atom. The highest BCUT2D eigenvalue weighted by molar-refractivity contribution is 7.92. The maximum atomic E-state index is 11.9. The number of rotatable bonds is 18. The highest BCUT2D eigenvalue weighted by Gasteiger charge is 2.37. The summed E-state index contributed by atoms with van der Waals surface area (Å²) in [6, 6.07) is 0. The van der Waals surface area contributed by atoms with E-state index in [1.165, 1.54) is 51.4 Å². The van der Waals surface area contributed by atoms with Gasteiger partial charge in [-0.25, -0.2) is 8.42 Å². The van der Waals surface area contributed by atoms with E-state index in [1.54, 1.807) is 21.1 Å². The number of carbonyl (C=O) groups is 1.